The van der Waals surface area contributed by atoms with E-state index in [1.54, 1.807) is 17.5 Å². The SMILES string of the molecule is CCN(CC)c1ccc(Nc2nc(-c3ccc(-c4ncc(Br)[nH]4)cc3)cs2)c(C)c1. The molecule has 0 atom stereocenters. The lowest BCUT2D eigenvalue weighted by Crippen LogP contribution is -2.21. The van der Waals surface area contributed by atoms with E-state index in [-0.39, 0.29) is 0 Å². The fourth-order valence-corrected chi connectivity index (χ4v) is 4.42. The van der Waals surface area contributed by atoms with Crippen LogP contribution in [0.2, 0.25) is 0 Å². The molecule has 0 amide bonds. The molecule has 2 heterocycles. The van der Waals surface area contributed by atoms with Gasteiger partial charge in [0.25, 0.3) is 0 Å². The minimum absolute atomic E-state index is 0.845. The van der Waals surface area contributed by atoms with Gasteiger partial charge in [0.1, 0.15) is 10.4 Å². The molecule has 0 spiro atoms. The average Bonchev–Trinajstić information content (AvgIpc) is 3.40. The van der Waals surface area contributed by atoms with Gasteiger partial charge in [-0.1, -0.05) is 24.3 Å². The number of nitrogens with one attached hydrogen (secondary N) is 2. The summed E-state index contributed by atoms with van der Waals surface area (Å²) < 4.78 is 0.872. The molecule has 2 aromatic carbocycles. The van der Waals surface area contributed by atoms with Gasteiger partial charge in [-0.15, -0.1) is 11.3 Å². The number of halogens is 1. The van der Waals surface area contributed by atoms with Crippen LogP contribution in [0.25, 0.3) is 22.6 Å². The summed E-state index contributed by atoms with van der Waals surface area (Å²) in [6, 6.07) is 14.8. The number of imidazole rings is 1. The molecular weight excluding hydrogens is 458 g/mol. The highest BCUT2D eigenvalue weighted by Gasteiger charge is 2.09. The van der Waals surface area contributed by atoms with Crippen molar-refractivity contribution >= 4 is 43.8 Å². The van der Waals surface area contributed by atoms with Gasteiger partial charge in [-0.25, -0.2) is 9.97 Å². The summed E-state index contributed by atoms with van der Waals surface area (Å²) in [4.78, 5) is 14.7. The highest BCUT2D eigenvalue weighted by atomic mass is 79.9. The number of thiazole rings is 1. The average molecular weight is 482 g/mol. The summed E-state index contributed by atoms with van der Waals surface area (Å²) in [6.07, 6.45) is 1.76. The summed E-state index contributed by atoms with van der Waals surface area (Å²) in [5, 5.41) is 6.45. The van der Waals surface area contributed by atoms with Gasteiger partial charge in [0, 0.05) is 41.0 Å². The lowest BCUT2D eigenvalue weighted by atomic mass is 10.1. The van der Waals surface area contributed by atoms with Crippen LogP contribution in [0.4, 0.5) is 16.5 Å². The first kappa shape index (κ1) is 20.6. The van der Waals surface area contributed by atoms with Gasteiger partial charge in [0.05, 0.1) is 11.9 Å². The van der Waals surface area contributed by atoms with E-state index in [4.69, 9.17) is 4.98 Å². The van der Waals surface area contributed by atoms with E-state index in [9.17, 15) is 0 Å². The molecule has 154 valence electrons. The predicted molar refractivity (Wildman–Crippen MR) is 131 cm³/mol. The van der Waals surface area contributed by atoms with Crippen molar-refractivity contribution < 1.29 is 0 Å². The quantitative estimate of drug-likeness (QED) is 0.302. The Hall–Kier alpha value is -2.64. The van der Waals surface area contributed by atoms with E-state index in [2.05, 4.69) is 105 Å². The Labute approximate surface area is 189 Å². The van der Waals surface area contributed by atoms with Crippen LogP contribution in [0.5, 0.6) is 0 Å². The van der Waals surface area contributed by atoms with E-state index in [0.717, 1.165) is 51.2 Å². The minimum atomic E-state index is 0.845. The van der Waals surface area contributed by atoms with Crippen LogP contribution >= 0.6 is 27.3 Å². The van der Waals surface area contributed by atoms with E-state index < -0.39 is 0 Å². The lowest BCUT2D eigenvalue weighted by molar-refractivity contribution is 0.866. The first-order valence-electron chi connectivity index (χ1n) is 9.96. The summed E-state index contributed by atoms with van der Waals surface area (Å²) in [5.74, 6) is 0.845. The van der Waals surface area contributed by atoms with Crippen molar-refractivity contribution in [1.29, 1.82) is 0 Å². The topological polar surface area (TPSA) is 56.8 Å². The molecule has 0 fully saturated rings. The van der Waals surface area contributed by atoms with Gasteiger partial charge in [-0.2, -0.15) is 0 Å². The standard InChI is InChI=1S/C23H24BrN5S/c1-4-29(5-2)18-10-11-19(15(3)12-18)26-23-27-20(14-30-23)16-6-8-17(9-7-16)22-25-13-21(24)28-22/h6-14H,4-5H2,1-3H3,(H,25,28)(H,26,27). The second-order valence-electron chi connectivity index (χ2n) is 6.99. The van der Waals surface area contributed by atoms with Gasteiger partial charge in [-0.05, 0) is 60.5 Å². The molecule has 0 unspecified atom stereocenters. The molecule has 4 rings (SSSR count). The molecule has 0 aliphatic carbocycles. The second kappa shape index (κ2) is 9.02. The number of aromatic nitrogens is 3. The Bertz CT molecular complexity index is 1130. The van der Waals surface area contributed by atoms with Crippen LogP contribution in [-0.2, 0) is 0 Å². The highest BCUT2D eigenvalue weighted by molar-refractivity contribution is 9.10. The normalized spacial score (nSPS) is 10.9. The Morgan fingerprint density at radius 3 is 2.43 bits per heavy atom. The summed E-state index contributed by atoms with van der Waals surface area (Å²) in [7, 11) is 0. The van der Waals surface area contributed by atoms with Crippen LogP contribution in [0.3, 0.4) is 0 Å². The van der Waals surface area contributed by atoms with Crippen molar-refractivity contribution in [3.63, 3.8) is 0 Å². The molecule has 0 aliphatic heterocycles. The Morgan fingerprint density at radius 2 is 1.80 bits per heavy atom. The van der Waals surface area contributed by atoms with Gasteiger partial charge >= 0.3 is 0 Å². The number of anilines is 3. The molecule has 2 aromatic heterocycles. The van der Waals surface area contributed by atoms with E-state index in [1.165, 1.54) is 11.3 Å². The predicted octanol–water partition coefficient (Wildman–Crippen LogP) is 6.86. The third-order valence-electron chi connectivity index (χ3n) is 5.08. The number of aryl methyl sites for hydroxylation is 1. The molecular formula is C23H24BrN5S. The Kier molecular flexibility index (Phi) is 6.20. The first-order valence-corrected chi connectivity index (χ1v) is 11.6. The van der Waals surface area contributed by atoms with Crippen LogP contribution in [-0.4, -0.2) is 28.0 Å². The van der Waals surface area contributed by atoms with Crippen molar-refractivity contribution in [2.45, 2.75) is 20.8 Å². The zero-order valence-corrected chi connectivity index (χ0v) is 19.6. The second-order valence-corrected chi connectivity index (χ2v) is 8.70. The smallest absolute Gasteiger partial charge is 0.187 e. The molecule has 0 saturated heterocycles. The maximum absolute atomic E-state index is 4.78. The number of hydrogen-bond donors (Lipinski definition) is 2. The fraction of sp³-hybridized carbons (Fsp3) is 0.217. The monoisotopic (exact) mass is 481 g/mol. The third-order valence-corrected chi connectivity index (χ3v) is 6.24. The number of hydrogen-bond acceptors (Lipinski definition) is 5. The van der Waals surface area contributed by atoms with Crippen molar-refractivity contribution in [2.24, 2.45) is 0 Å². The number of nitrogens with zero attached hydrogens (tertiary/aromatic N) is 3. The Morgan fingerprint density at radius 1 is 1.07 bits per heavy atom. The fourth-order valence-electron chi connectivity index (χ4n) is 3.40. The van der Waals surface area contributed by atoms with Crippen LogP contribution < -0.4 is 10.2 Å². The Balaban J connectivity index is 1.49. The minimum Gasteiger partial charge on any atom is -0.372 e. The molecule has 30 heavy (non-hydrogen) atoms. The number of H-pyrrole nitrogens is 1. The molecule has 7 heteroatoms. The molecule has 5 nitrogen and oxygen atoms in total. The van der Waals surface area contributed by atoms with Crippen molar-refractivity contribution in [3.8, 4) is 22.6 Å². The van der Waals surface area contributed by atoms with Gasteiger partial charge < -0.3 is 15.2 Å². The van der Waals surface area contributed by atoms with Gasteiger partial charge in [-0.3, -0.25) is 0 Å². The molecule has 0 radical (unpaired) electrons. The zero-order chi connectivity index (χ0) is 21.1. The highest BCUT2D eigenvalue weighted by Crippen LogP contribution is 2.31. The molecule has 2 N–H and O–H groups in total. The molecule has 4 aromatic rings. The first-order chi connectivity index (χ1) is 14.6. The van der Waals surface area contributed by atoms with Crippen LogP contribution in [0.1, 0.15) is 19.4 Å². The van der Waals surface area contributed by atoms with Crippen molar-refractivity contribution in [3.05, 3.63) is 64.2 Å². The van der Waals surface area contributed by atoms with Crippen molar-refractivity contribution in [2.75, 3.05) is 23.3 Å². The van der Waals surface area contributed by atoms with Crippen LogP contribution in [0.15, 0.2) is 58.6 Å². The van der Waals surface area contributed by atoms with Gasteiger partial charge in [0.15, 0.2) is 5.13 Å². The largest absolute Gasteiger partial charge is 0.372 e. The lowest BCUT2D eigenvalue weighted by Gasteiger charge is -2.22. The van der Waals surface area contributed by atoms with E-state index in [0.29, 0.717) is 0 Å². The summed E-state index contributed by atoms with van der Waals surface area (Å²) in [6.45, 7) is 8.52. The number of aromatic amines is 1. The number of rotatable bonds is 7. The molecule has 0 bridgehead atoms. The number of benzene rings is 2. The maximum atomic E-state index is 4.78. The van der Waals surface area contributed by atoms with Crippen LogP contribution in [0, 0.1) is 6.92 Å². The summed E-state index contributed by atoms with van der Waals surface area (Å²) >= 11 is 5.01. The summed E-state index contributed by atoms with van der Waals surface area (Å²) in [5.41, 5.74) is 6.65. The molecule has 0 aliphatic rings. The van der Waals surface area contributed by atoms with E-state index >= 15 is 0 Å². The third kappa shape index (κ3) is 4.42. The molecule has 0 saturated carbocycles. The van der Waals surface area contributed by atoms with E-state index in [1.807, 2.05) is 0 Å². The van der Waals surface area contributed by atoms with Crippen molar-refractivity contribution in [1.82, 2.24) is 15.0 Å². The van der Waals surface area contributed by atoms with Gasteiger partial charge in [0.2, 0.25) is 0 Å². The maximum Gasteiger partial charge on any atom is 0.187 e. The zero-order valence-electron chi connectivity index (χ0n) is 17.2.